The minimum Gasteiger partial charge on any atom is -0.488 e. The van der Waals surface area contributed by atoms with Gasteiger partial charge < -0.3 is 14.7 Å². The lowest BCUT2D eigenvalue weighted by molar-refractivity contribution is -0.135. The molecule has 8 heteroatoms. The first-order valence-corrected chi connectivity index (χ1v) is 12.1. The lowest BCUT2D eigenvalue weighted by Gasteiger charge is -2.36. The maximum atomic E-state index is 13.3. The van der Waals surface area contributed by atoms with Crippen molar-refractivity contribution in [3.63, 3.8) is 0 Å². The number of likely N-dealkylation sites (tertiary alicyclic amines) is 1. The average Bonchev–Trinajstić information content (AvgIpc) is 2.98. The van der Waals surface area contributed by atoms with E-state index in [0.29, 0.717) is 31.3 Å². The first-order chi connectivity index (χ1) is 14.5. The van der Waals surface area contributed by atoms with Gasteiger partial charge in [0.1, 0.15) is 17.9 Å². The number of carbonyl (C=O) groups excluding carboxylic acids is 1. The fourth-order valence-corrected chi connectivity index (χ4v) is 5.07. The van der Waals surface area contributed by atoms with Gasteiger partial charge >= 0.3 is 6.09 Å². The van der Waals surface area contributed by atoms with Gasteiger partial charge in [0.25, 0.3) is 0 Å². The van der Waals surface area contributed by atoms with E-state index in [4.69, 9.17) is 4.74 Å². The summed E-state index contributed by atoms with van der Waals surface area (Å²) in [4.78, 5) is 31.9. The predicted octanol–water partition coefficient (Wildman–Crippen LogP) is 3.00. The Kier molecular flexibility index (Phi) is 6.73. The van der Waals surface area contributed by atoms with Crippen LogP contribution in [0.1, 0.15) is 32.1 Å². The Morgan fingerprint density at radius 1 is 1.07 bits per heavy atom. The number of nitrogens with zero attached hydrogens (tertiary/aromatic N) is 3. The molecule has 164 valence electrons. The second-order valence-corrected chi connectivity index (χ2v) is 9.28. The molecule has 2 atom stereocenters. The number of thioether (sulfide) groups is 1. The zero-order valence-corrected chi connectivity index (χ0v) is 18.4. The SMILES string of the molecule is CSc1ccc(O[C@H]2C[C@H](C(=O)N3CCCN(C4CCC4)CC3)N(C(=O)O)C2)cc1. The minimum atomic E-state index is -1.05. The molecule has 4 rings (SSSR count). The van der Waals surface area contributed by atoms with E-state index in [9.17, 15) is 14.7 Å². The Morgan fingerprint density at radius 3 is 2.47 bits per heavy atom. The molecule has 0 radical (unpaired) electrons. The molecule has 0 bridgehead atoms. The Morgan fingerprint density at radius 2 is 1.83 bits per heavy atom. The van der Waals surface area contributed by atoms with Crippen molar-refractivity contribution in [3.8, 4) is 5.75 Å². The lowest BCUT2D eigenvalue weighted by Crippen LogP contribution is -2.49. The van der Waals surface area contributed by atoms with Crippen LogP contribution in [0, 0.1) is 0 Å². The summed E-state index contributed by atoms with van der Waals surface area (Å²) in [6.07, 6.45) is 5.84. The standard InChI is InChI=1S/C22H31N3O4S/c1-30-19-8-6-17(7-9-19)29-18-14-20(25(15-18)22(27)28)21(26)24-11-3-10-23(12-13-24)16-4-2-5-16/h6-9,16,18,20H,2-5,10-15H2,1H3,(H,27,28)/t18-,20+/m0/s1. The molecule has 2 amide bonds. The van der Waals surface area contributed by atoms with Crippen LogP contribution in [0.3, 0.4) is 0 Å². The van der Waals surface area contributed by atoms with Crippen molar-refractivity contribution in [2.45, 2.75) is 55.2 Å². The van der Waals surface area contributed by atoms with E-state index >= 15 is 0 Å². The highest BCUT2D eigenvalue weighted by atomic mass is 32.2. The summed E-state index contributed by atoms with van der Waals surface area (Å²) in [6.45, 7) is 3.52. The Bertz CT molecular complexity index is 755. The molecular formula is C22H31N3O4S. The van der Waals surface area contributed by atoms with Crippen molar-refractivity contribution in [3.05, 3.63) is 24.3 Å². The minimum absolute atomic E-state index is 0.0725. The predicted molar refractivity (Wildman–Crippen MR) is 116 cm³/mol. The second kappa shape index (κ2) is 9.47. The highest BCUT2D eigenvalue weighted by molar-refractivity contribution is 7.98. The molecule has 0 spiro atoms. The number of benzene rings is 1. The molecule has 1 N–H and O–H groups in total. The molecule has 2 aliphatic heterocycles. The molecular weight excluding hydrogens is 402 g/mol. The molecule has 1 saturated carbocycles. The van der Waals surface area contributed by atoms with Gasteiger partial charge in [0, 0.05) is 43.5 Å². The van der Waals surface area contributed by atoms with Crippen molar-refractivity contribution >= 4 is 23.8 Å². The van der Waals surface area contributed by atoms with Crippen LogP contribution >= 0.6 is 11.8 Å². The monoisotopic (exact) mass is 433 g/mol. The molecule has 2 saturated heterocycles. The lowest BCUT2D eigenvalue weighted by atomic mass is 9.91. The van der Waals surface area contributed by atoms with Crippen LogP contribution in [-0.2, 0) is 4.79 Å². The van der Waals surface area contributed by atoms with Crippen molar-refractivity contribution < 1.29 is 19.4 Å². The summed E-state index contributed by atoms with van der Waals surface area (Å²) in [7, 11) is 0. The fraction of sp³-hybridized carbons (Fsp3) is 0.636. The number of amides is 2. The molecule has 1 aliphatic carbocycles. The van der Waals surface area contributed by atoms with E-state index in [1.165, 1.54) is 24.2 Å². The smallest absolute Gasteiger partial charge is 0.408 e. The zero-order valence-electron chi connectivity index (χ0n) is 17.5. The molecule has 2 heterocycles. The van der Waals surface area contributed by atoms with Gasteiger partial charge in [0.15, 0.2) is 0 Å². The van der Waals surface area contributed by atoms with Crippen LogP contribution in [0.15, 0.2) is 29.2 Å². The highest BCUT2D eigenvalue weighted by Crippen LogP contribution is 2.28. The molecule has 7 nitrogen and oxygen atoms in total. The van der Waals surface area contributed by atoms with E-state index in [1.54, 1.807) is 11.8 Å². The Hall–Kier alpha value is -1.93. The third-order valence-corrected chi connectivity index (χ3v) is 7.33. The van der Waals surface area contributed by atoms with Crippen molar-refractivity contribution in [1.29, 1.82) is 0 Å². The van der Waals surface area contributed by atoms with Gasteiger partial charge in [-0.3, -0.25) is 14.6 Å². The summed E-state index contributed by atoms with van der Waals surface area (Å²) < 4.78 is 6.03. The van der Waals surface area contributed by atoms with Crippen LogP contribution < -0.4 is 4.74 Å². The van der Waals surface area contributed by atoms with Crippen molar-refractivity contribution in [2.75, 3.05) is 39.0 Å². The van der Waals surface area contributed by atoms with Crippen LogP contribution in [0.25, 0.3) is 0 Å². The van der Waals surface area contributed by atoms with E-state index in [-0.39, 0.29) is 18.6 Å². The summed E-state index contributed by atoms with van der Waals surface area (Å²) in [5.41, 5.74) is 0. The van der Waals surface area contributed by atoms with Crippen molar-refractivity contribution in [2.24, 2.45) is 0 Å². The van der Waals surface area contributed by atoms with Gasteiger partial charge in [0.2, 0.25) is 5.91 Å². The van der Waals surface area contributed by atoms with Gasteiger partial charge in [-0.15, -0.1) is 11.8 Å². The summed E-state index contributed by atoms with van der Waals surface area (Å²) in [5, 5.41) is 9.68. The van der Waals surface area contributed by atoms with Crippen LogP contribution in [0.4, 0.5) is 4.79 Å². The Balaban J connectivity index is 1.38. The number of ether oxygens (including phenoxy) is 1. The van der Waals surface area contributed by atoms with Crippen LogP contribution in [0.5, 0.6) is 5.75 Å². The number of hydrogen-bond acceptors (Lipinski definition) is 5. The van der Waals surface area contributed by atoms with Gasteiger partial charge in [-0.1, -0.05) is 6.42 Å². The fourth-order valence-electron chi connectivity index (χ4n) is 4.66. The number of carbonyl (C=O) groups is 2. The van der Waals surface area contributed by atoms with Crippen LogP contribution in [-0.4, -0.2) is 89.0 Å². The maximum absolute atomic E-state index is 13.3. The number of carboxylic acid groups (broad SMARTS) is 1. The third kappa shape index (κ3) is 4.70. The summed E-state index contributed by atoms with van der Waals surface area (Å²) in [5.74, 6) is 0.638. The van der Waals surface area contributed by atoms with E-state index in [1.807, 2.05) is 35.4 Å². The molecule has 1 aromatic carbocycles. The quantitative estimate of drug-likeness (QED) is 0.720. The number of rotatable bonds is 5. The van der Waals surface area contributed by atoms with Gasteiger partial charge in [-0.05, 0) is 49.8 Å². The van der Waals surface area contributed by atoms with Gasteiger partial charge in [0.05, 0.1) is 6.54 Å². The average molecular weight is 434 g/mol. The highest BCUT2D eigenvalue weighted by Gasteiger charge is 2.43. The van der Waals surface area contributed by atoms with Gasteiger partial charge in [-0.25, -0.2) is 4.79 Å². The van der Waals surface area contributed by atoms with Gasteiger partial charge in [-0.2, -0.15) is 0 Å². The zero-order chi connectivity index (χ0) is 21.1. The molecule has 3 fully saturated rings. The van der Waals surface area contributed by atoms with E-state index in [0.717, 1.165) is 24.4 Å². The summed E-state index contributed by atoms with van der Waals surface area (Å²) in [6, 6.07) is 7.78. The molecule has 1 aromatic rings. The maximum Gasteiger partial charge on any atom is 0.408 e. The molecule has 3 aliphatic rings. The number of hydrogen-bond donors (Lipinski definition) is 1. The van der Waals surface area contributed by atoms with E-state index < -0.39 is 12.1 Å². The molecule has 30 heavy (non-hydrogen) atoms. The van der Waals surface area contributed by atoms with E-state index in [2.05, 4.69) is 4.90 Å². The summed E-state index contributed by atoms with van der Waals surface area (Å²) >= 11 is 1.66. The first-order valence-electron chi connectivity index (χ1n) is 10.9. The Labute approximate surface area is 182 Å². The largest absolute Gasteiger partial charge is 0.488 e. The second-order valence-electron chi connectivity index (χ2n) is 8.40. The normalized spacial score (nSPS) is 25.6. The molecule has 0 aromatic heterocycles. The van der Waals surface area contributed by atoms with Crippen LogP contribution in [0.2, 0.25) is 0 Å². The van der Waals surface area contributed by atoms with Crippen molar-refractivity contribution in [1.82, 2.24) is 14.7 Å². The topological polar surface area (TPSA) is 73.3 Å². The molecule has 0 unspecified atom stereocenters. The third-order valence-electron chi connectivity index (χ3n) is 6.59. The first kappa shape index (κ1) is 21.3.